The molecule has 1 aromatic heterocycles. The molecule has 2 N–H and O–H groups in total. The number of hydrogen-bond acceptors (Lipinski definition) is 6. The molecule has 0 unspecified atom stereocenters. The molecule has 6 nitrogen and oxygen atoms in total. The number of ether oxygens (including phenoxy) is 3. The molecule has 0 atom stereocenters. The summed E-state index contributed by atoms with van der Waals surface area (Å²) in [7, 11) is 4.63. The summed E-state index contributed by atoms with van der Waals surface area (Å²) in [6.07, 6.45) is 0. The molecule has 0 spiro atoms. The molecule has 1 heterocycles. The molecule has 0 aliphatic heterocycles. The lowest BCUT2D eigenvalue weighted by atomic mass is 9.97. The molecule has 0 aliphatic carbocycles. The number of aromatic nitrogens is 1. The van der Waals surface area contributed by atoms with Gasteiger partial charge in [-0.2, -0.15) is 5.26 Å². The van der Waals surface area contributed by atoms with Crippen molar-refractivity contribution in [1.29, 1.82) is 5.26 Å². The third-order valence-corrected chi connectivity index (χ3v) is 4.55. The molecule has 0 amide bonds. The molecule has 0 radical (unpaired) electrons. The zero-order chi connectivity index (χ0) is 20.3. The predicted molar refractivity (Wildman–Crippen MR) is 109 cm³/mol. The van der Waals surface area contributed by atoms with Crippen molar-refractivity contribution < 1.29 is 14.2 Å². The van der Waals surface area contributed by atoms with Crippen LogP contribution in [-0.4, -0.2) is 26.3 Å². The number of anilines is 1. The lowest BCUT2D eigenvalue weighted by molar-refractivity contribution is 0.349. The van der Waals surface area contributed by atoms with Gasteiger partial charge in [0.1, 0.15) is 23.2 Å². The van der Waals surface area contributed by atoms with E-state index in [1.54, 1.807) is 51.7 Å². The van der Waals surface area contributed by atoms with Crippen LogP contribution in [0.25, 0.3) is 22.4 Å². The minimum atomic E-state index is 0.127. The van der Waals surface area contributed by atoms with Gasteiger partial charge in [-0.25, -0.2) is 4.98 Å². The molecule has 142 valence electrons. The summed E-state index contributed by atoms with van der Waals surface area (Å²) in [6, 6.07) is 14.6. The number of nitrogens with zero attached hydrogens (tertiary/aromatic N) is 2. The zero-order valence-electron chi connectivity index (χ0n) is 15.6. The fourth-order valence-corrected chi connectivity index (χ4v) is 3.03. The van der Waals surface area contributed by atoms with Crippen molar-refractivity contribution in [2.75, 3.05) is 27.1 Å². The van der Waals surface area contributed by atoms with Crippen molar-refractivity contribution in [2.24, 2.45) is 0 Å². The number of halogens is 1. The van der Waals surface area contributed by atoms with E-state index in [2.05, 4.69) is 11.1 Å². The first-order valence-corrected chi connectivity index (χ1v) is 8.67. The second-order valence-corrected chi connectivity index (χ2v) is 6.28. The summed E-state index contributed by atoms with van der Waals surface area (Å²) in [4.78, 5) is 4.38. The van der Waals surface area contributed by atoms with E-state index in [-0.39, 0.29) is 11.4 Å². The minimum Gasteiger partial charge on any atom is -0.496 e. The molecule has 2 aromatic carbocycles. The van der Waals surface area contributed by atoms with E-state index in [0.29, 0.717) is 39.1 Å². The van der Waals surface area contributed by atoms with Crippen LogP contribution in [0.3, 0.4) is 0 Å². The van der Waals surface area contributed by atoms with Gasteiger partial charge in [0.15, 0.2) is 11.5 Å². The van der Waals surface area contributed by atoms with E-state index in [0.717, 1.165) is 5.56 Å². The number of nitrogen functional groups attached to an aromatic ring is 1. The molecule has 0 aliphatic rings. The van der Waals surface area contributed by atoms with Gasteiger partial charge in [-0.1, -0.05) is 23.7 Å². The summed E-state index contributed by atoms with van der Waals surface area (Å²) < 4.78 is 16.3. The molecule has 3 aromatic rings. The van der Waals surface area contributed by atoms with Crippen LogP contribution < -0.4 is 19.9 Å². The number of nitrogens with two attached hydrogens (primary N) is 1. The van der Waals surface area contributed by atoms with Gasteiger partial charge in [-0.15, -0.1) is 0 Å². The topological polar surface area (TPSA) is 90.4 Å². The van der Waals surface area contributed by atoms with E-state index in [4.69, 9.17) is 31.5 Å². The molecule has 7 heteroatoms. The van der Waals surface area contributed by atoms with E-state index >= 15 is 0 Å². The lowest BCUT2D eigenvalue weighted by Gasteiger charge is -2.16. The van der Waals surface area contributed by atoms with E-state index < -0.39 is 0 Å². The van der Waals surface area contributed by atoms with Crippen LogP contribution in [0.5, 0.6) is 17.2 Å². The molecule has 0 saturated heterocycles. The Labute approximate surface area is 168 Å². The second-order valence-electron chi connectivity index (χ2n) is 5.84. The van der Waals surface area contributed by atoms with Crippen LogP contribution in [-0.2, 0) is 0 Å². The molecule has 3 rings (SSSR count). The van der Waals surface area contributed by atoms with Gasteiger partial charge in [0.25, 0.3) is 0 Å². The van der Waals surface area contributed by atoms with Crippen LogP contribution in [0, 0.1) is 11.3 Å². The van der Waals surface area contributed by atoms with Crippen LogP contribution in [0.15, 0.2) is 42.5 Å². The molecule has 0 saturated carbocycles. The average molecular weight is 396 g/mol. The third kappa shape index (κ3) is 3.53. The summed E-state index contributed by atoms with van der Waals surface area (Å²) in [5.74, 6) is 1.66. The van der Waals surface area contributed by atoms with E-state index in [1.807, 2.05) is 12.1 Å². The summed E-state index contributed by atoms with van der Waals surface area (Å²) in [6.45, 7) is 0. The number of rotatable bonds is 5. The number of pyridine rings is 1. The Morgan fingerprint density at radius 3 is 2.07 bits per heavy atom. The molecular weight excluding hydrogens is 378 g/mol. The molecular formula is C21H18ClN3O3. The standard InChI is InChI=1S/C21H18ClN3O3/c1-26-18-10-20(28-3)19(27-2)9-15(18)14-8-17(25-21(24)16(14)11-23)12-4-6-13(22)7-5-12/h4-10H,1-3H3,(H2,24,25). The predicted octanol–water partition coefficient (Wildman–Crippen LogP) is 4.55. The normalized spacial score (nSPS) is 10.2. The zero-order valence-corrected chi connectivity index (χ0v) is 16.4. The number of nitriles is 1. The van der Waals surface area contributed by atoms with Crippen molar-refractivity contribution in [2.45, 2.75) is 0 Å². The smallest absolute Gasteiger partial charge is 0.164 e. The Bertz CT molecular complexity index is 1060. The van der Waals surface area contributed by atoms with Crippen LogP contribution in [0.1, 0.15) is 5.56 Å². The lowest BCUT2D eigenvalue weighted by Crippen LogP contribution is -2.01. The first-order chi connectivity index (χ1) is 13.5. The van der Waals surface area contributed by atoms with E-state index in [1.165, 1.54) is 0 Å². The third-order valence-electron chi connectivity index (χ3n) is 4.30. The Morgan fingerprint density at radius 2 is 1.50 bits per heavy atom. The Morgan fingerprint density at radius 1 is 0.893 bits per heavy atom. The average Bonchev–Trinajstić information content (AvgIpc) is 2.72. The van der Waals surface area contributed by atoms with Crippen LogP contribution >= 0.6 is 11.6 Å². The SMILES string of the molecule is COc1cc(OC)c(-c2cc(-c3ccc(Cl)cc3)nc(N)c2C#N)cc1OC. The highest BCUT2D eigenvalue weighted by Crippen LogP contribution is 2.42. The second kappa shape index (κ2) is 8.07. The Kier molecular flexibility index (Phi) is 5.57. The van der Waals surface area contributed by atoms with Gasteiger partial charge in [0.2, 0.25) is 0 Å². The van der Waals surface area contributed by atoms with Gasteiger partial charge in [-0.3, -0.25) is 0 Å². The minimum absolute atomic E-state index is 0.127. The van der Waals surface area contributed by atoms with Gasteiger partial charge in [-0.05, 0) is 24.3 Å². The maximum Gasteiger partial charge on any atom is 0.164 e. The Hall–Kier alpha value is -3.43. The summed E-state index contributed by atoms with van der Waals surface area (Å²) >= 11 is 5.98. The number of benzene rings is 2. The molecule has 0 bridgehead atoms. The number of hydrogen-bond donors (Lipinski definition) is 1. The molecule has 0 fully saturated rings. The fourth-order valence-electron chi connectivity index (χ4n) is 2.90. The first kappa shape index (κ1) is 19.3. The summed E-state index contributed by atoms with van der Waals surface area (Å²) in [5, 5.41) is 10.3. The Balaban J connectivity index is 2.29. The van der Waals surface area contributed by atoms with Crippen molar-refractivity contribution in [1.82, 2.24) is 4.98 Å². The van der Waals surface area contributed by atoms with Crippen LogP contribution in [0.2, 0.25) is 5.02 Å². The van der Waals surface area contributed by atoms with Crippen molar-refractivity contribution in [3.63, 3.8) is 0 Å². The molecule has 28 heavy (non-hydrogen) atoms. The largest absolute Gasteiger partial charge is 0.496 e. The van der Waals surface area contributed by atoms with Crippen LogP contribution in [0.4, 0.5) is 5.82 Å². The van der Waals surface area contributed by atoms with Crippen molar-refractivity contribution in [3.8, 4) is 45.7 Å². The monoisotopic (exact) mass is 395 g/mol. The fraction of sp³-hybridized carbons (Fsp3) is 0.143. The summed E-state index contributed by atoms with van der Waals surface area (Å²) in [5.41, 5.74) is 9.00. The maximum absolute atomic E-state index is 9.67. The number of methoxy groups -OCH3 is 3. The van der Waals surface area contributed by atoms with Crippen molar-refractivity contribution in [3.05, 3.63) is 53.1 Å². The maximum atomic E-state index is 9.67. The first-order valence-electron chi connectivity index (χ1n) is 8.29. The van der Waals surface area contributed by atoms with Gasteiger partial charge in [0, 0.05) is 27.8 Å². The van der Waals surface area contributed by atoms with Gasteiger partial charge < -0.3 is 19.9 Å². The van der Waals surface area contributed by atoms with Gasteiger partial charge in [0.05, 0.1) is 27.0 Å². The van der Waals surface area contributed by atoms with E-state index in [9.17, 15) is 5.26 Å². The highest BCUT2D eigenvalue weighted by Gasteiger charge is 2.19. The highest BCUT2D eigenvalue weighted by molar-refractivity contribution is 6.30. The highest BCUT2D eigenvalue weighted by atomic mass is 35.5. The van der Waals surface area contributed by atoms with Gasteiger partial charge >= 0.3 is 0 Å². The quantitative estimate of drug-likeness (QED) is 0.681. The van der Waals surface area contributed by atoms with Crippen molar-refractivity contribution >= 4 is 17.4 Å².